The van der Waals surface area contributed by atoms with E-state index in [-0.39, 0.29) is 12.3 Å². The molecule has 19 heavy (non-hydrogen) atoms. The summed E-state index contributed by atoms with van der Waals surface area (Å²) in [4.78, 5) is 12.0. The number of hydrogen-bond acceptors (Lipinski definition) is 2. The second-order valence-corrected chi connectivity index (χ2v) is 4.76. The Bertz CT molecular complexity index is 591. The van der Waals surface area contributed by atoms with Crippen LogP contribution in [-0.4, -0.2) is 5.91 Å². The van der Waals surface area contributed by atoms with Crippen LogP contribution in [0, 0.1) is 6.92 Å². The van der Waals surface area contributed by atoms with Crippen LogP contribution >= 0.6 is 11.6 Å². The number of carbonyl (C=O) groups is 1. The zero-order valence-corrected chi connectivity index (χ0v) is 11.4. The molecule has 0 radical (unpaired) electrons. The number of hydrogen-bond donors (Lipinski definition) is 2. The second kappa shape index (κ2) is 5.76. The zero-order chi connectivity index (χ0) is 13.8. The van der Waals surface area contributed by atoms with Crippen LogP contribution in [0.5, 0.6) is 0 Å². The van der Waals surface area contributed by atoms with E-state index >= 15 is 0 Å². The third-order valence-corrected chi connectivity index (χ3v) is 3.25. The van der Waals surface area contributed by atoms with Crippen LogP contribution in [0.1, 0.15) is 11.1 Å². The standard InChI is InChI=1S/C15H15ClN2O/c1-10-5-4-8-13(17)15(10)18-14(19)9-11-6-2-3-7-12(11)16/h2-8H,9,17H2,1H3,(H,18,19). The van der Waals surface area contributed by atoms with Gasteiger partial charge in [-0.25, -0.2) is 0 Å². The van der Waals surface area contributed by atoms with E-state index in [1.807, 2.05) is 37.3 Å². The minimum Gasteiger partial charge on any atom is -0.397 e. The van der Waals surface area contributed by atoms with Crippen molar-refractivity contribution in [3.63, 3.8) is 0 Å². The van der Waals surface area contributed by atoms with Crippen LogP contribution in [0.2, 0.25) is 5.02 Å². The SMILES string of the molecule is Cc1cccc(N)c1NC(=O)Cc1ccccc1Cl. The molecule has 0 atom stereocenters. The lowest BCUT2D eigenvalue weighted by molar-refractivity contribution is -0.115. The predicted octanol–water partition coefficient (Wildman–Crippen LogP) is 3.41. The van der Waals surface area contributed by atoms with E-state index in [1.165, 1.54) is 0 Å². The summed E-state index contributed by atoms with van der Waals surface area (Å²) in [6.07, 6.45) is 0.230. The number of nitrogens with two attached hydrogens (primary N) is 1. The third kappa shape index (κ3) is 3.26. The Balaban J connectivity index is 2.12. The Morgan fingerprint density at radius 3 is 2.63 bits per heavy atom. The van der Waals surface area contributed by atoms with Crippen molar-refractivity contribution in [2.45, 2.75) is 13.3 Å². The summed E-state index contributed by atoms with van der Waals surface area (Å²) in [7, 11) is 0. The molecule has 0 aliphatic heterocycles. The van der Waals surface area contributed by atoms with Crippen molar-refractivity contribution >= 4 is 28.9 Å². The fourth-order valence-corrected chi connectivity index (χ4v) is 2.06. The van der Waals surface area contributed by atoms with Gasteiger partial charge in [0.1, 0.15) is 0 Å². The highest BCUT2D eigenvalue weighted by atomic mass is 35.5. The Morgan fingerprint density at radius 2 is 1.95 bits per heavy atom. The van der Waals surface area contributed by atoms with Gasteiger partial charge in [-0.2, -0.15) is 0 Å². The number of anilines is 2. The van der Waals surface area contributed by atoms with Crippen molar-refractivity contribution in [3.05, 3.63) is 58.6 Å². The molecular weight excluding hydrogens is 260 g/mol. The Hall–Kier alpha value is -2.00. The molecule has 2 rings (SSSR count). The number of benzene rings is 2. The smallest absolute Gasteiger partial charge is 0.228 e. The number of carbonyl (C=O) groups excluding carboxylic acids is 1. The van der Waals surface area contributed by atoms with Crippen molar-refractivity contribution in [1.82, 2.24) is 0 Å². The fourth-order valence-electron chi connectivity index (χ4n) is 1.86. The maximum Gasteiger partial charge on any atom is 0.228 e. The Labute approximate surface area is 117 Å². The van der Waals surface area contributed by atoms with Crippen molar-refractivity contribution in [1.29, 1.82) is 0 Å². The molecule has 0 aliphatic carbocycles. The number of nitrogens with one attached hydrogen (secondary N) is 1. The van der Waals surface area contributed by atoms with Gasteiger partial charge in [-0.3, -0.25) is 4.79 Å². The van der Waals surface area contributed by atoms with Gasteiger partial charge in [-0.1, -0.05) is 41.9 Å². The van der Waals surface area contributed by atoms with Crippen LogP contribution in [0.25, 0.3) is 0 Å². The topological polar surface area (TPSA) is 55.1 Å². The molecule has 0 aliphatic rings. The monoisotopic (exact) mass is 274 g/mol. The summed E-state index contributed by atoms with van der Waals surface area (Å²) in [5, 5.41) is 3.42. The zero-order valence-electron chi connectivity index (χ0n) is 10.6. The maximum atomic E-state index is 12.0. The van der Waals surface area contributed by atoms with Crippen molar-refractivity contribution < 1.29 is 4.79 Å². The summed E-state index contributed by atoms with van der Waals surface area (Å²) in [5.74, 6) is -0.130. The summed E-state index contributed by atoms with van der Waals surface area (Å²) < 4.78 is 0. The van der Waals surface area contributed by atoms with E-state index in [2.05, 4.69) is 5.32 Å². The van der Waals surface area contributed by atoms with E-state index in [9.17, 15) is 4.79 Å². The number of rotatable bonds is 3. The number of aryl methyl sites for hydroxylation is 1. The van der Waals surface area contributed by atoms with Crippen LogP contribution in [-0.2, 0) is 11.2 Å². The van der Waals surface area contributed by atoms with Crippen LogP contribution in [0.4, 0.5) is 11.4 Å². The van der Waals surface area contributed by atoms with E-state index in [0.29, 0.717) is 16.4 Å². The highest BCUT2D eigenvalue weighted by Gasteiger charge is 2.10. The van der Waals surface area contributed by atoms with E-state index in [0.717, 1.165) is 11.1 Å². The average molecular weight is 275 g/mol. The first-order valence-corrected chi connectivity index (χ1v) is 6.34. The molecule has 0 saturated carbocycles. The van der Waals surface area contributed by atoms with Crippen LogP contribution in [0.15, 0.2) is 42.5 Å². The maximum absolute atomic E-state index is 12.0. The highest BCUT2D eigenvalue weighted by molar-refractivity contribution is 6.31. The van der Waals surface area contributed by atoms with Gasteiger partial charge in [-0.15, -0.1) is 0 Å². The van der Waals surface area contributed by atoms with Crippen molar-refractivity contribution in [3.8, 4) is 0 Å². The summed E-state index contributed by atoms with van der Waals surface area (Å²) in [5.41, 5.74) is 8.82. The number of nitrogen functional groups attached to an aromatic ring is 1. The second-order valence-electron chi connectivity index (χ2n) is 4.36. The number of para-hydroxylation sites is 1. The molecule has 0 fully saturated rings. The molecule has 4 heteroatoms. The average Bonchev–Trinajstić information content (AvgIpc) is 2.37. The molecule has 0 aromatic heterocycles. The number of amides is 1. The molecule has 0 saturated heterocycles. The summed E-state index contributed by atoms with van der Waals surface area (Å²) in [6, 6.07) is 12.8. The van der Waals surface area contributed by atoms with Gasteiger partial charge < -0.3 is 11.1 Å². The molecule has 0 heterocycles. The lowest BCUT2D eigenvalue weighted by Crippen LogP contribution is -2.16. The van der Waals surface area contributed by atoms with Gasteiger partial charge >= 0.3 is 0 Å². The van der Waals surface area contributed by atoms with Gasteiger partial charge in [0.25, 0.3) is 0 Å². The van der Waals surface area contributed by atoms with Gasteiger partial charge in [-0.05, 0) is 30.2 Å². The first-order valence-electron chi connectivity index (χ1n) is 5.96. The molecule has 0 spiro atoms. The van der Waals surface area contributed by atoms with Crippen molar-refractivity contribution in [2.24, 2.45) is 0 Å². The molecular formula is C15H15ClN2O. The lowest BCUT2D eigenvalue weighted by atomic mass is 10.1. The first kappa shape index (κ1) is 13.4. The minimum absolute atomic E-state index is 0.130. The molecule has 2 aromatic carbocycles. The van der Waals surface area contributed by atoms with Crippen LogP contribution < -0.4 is 11.1 Å². The first-order chi connectivity index (χ1) is 9.08. The van der Waals surface area contributed by atoms with Gasteiger partial charge in [0.15, 0.2) is 0 Å². The molecule has 0 unspecified atom stereocenters. The third-order valence-electron chi connectivity index (χ3n) is 2.88. The van der Waals surface area contributed by atoms with E-state index in [4.69, 9.17) is 17.3 Å². The van der Waals surface area contributed by atoms with E-state index < -0.39 is 0 Å². The molecule has 98 valence electrons. The largest absolute Gasteiger partial charge is 0.397 e. The van der Waals surface area contributed by atoms with E-state index in [1.54, 1.807) is 12.1 Å². The highest BCUT2D eigenvalue weighted by Crippen LogP contribution is 2.23. The Morgan fingerprint density at radius 1 is 1.21 bits per heavy atom. The fraction of sp³-hybridized carbons (Fsp3) is 0.133. The Kier molecular flexibility index (Phi) is 4.07. The minimum atomic E-state index is -0.130. The predicted molar refractivity (Wildman–Crippen MR) is 79.4 cm³/mol. The van der Waals surface area contributed by atoms with Gasteiger partial charge in [0.05, 0.1) is 17.8 Å². The molecule has 1 amide bonds. The molecule has 2 aromatic rings. The molecule has 3 N–H and O–H groups in total. The molecule has 0 bridgehead atoms. The summed E-state index contributed by atoms with van der Waals surface area (Å²) in [6.45, 7) is 1.90. The van der Waals surface area contributed by atoms with Gasteiger partial charge in [0.2, 0.25) is 5.91 Å². The van der Waals surface area contributed by atoms with Crippen LogP contribution in [0.3, 0.4) is 0 Å². The lowest BCUT2D eigenvalue weighted by Gasteiger charge is -2.11. The quantitative estimate of drug-likeness (QED) is 0.843. The molecule has 3 nitrogen and oxygen atoms in total. The summed E-state index contributed by atoms with van der Waals surface area (Å²) >= 11 is 6.03. The normalized spacial score (nSPS) is 10.2. The number of halogens is 1. The van der Waals surface area contributed by atoms with Gasteiger partial charge in [0, 0.05) is 5.02 Å². The van der Waals surface area contributed by atoms with Crippen molar-refractivity contribution in [2.75, 3.05) is 11.1 Å².